The second-order valence-electron chi connectivity index (χ2n) is 7.81. The minimum absolute atomic E-state index is 0.356. The molecular weight excluding hydrogens is 442 g/mol. The van der Waals surface area contributed by atoms with Gasteiger partial charge >= 0.3 is 5.97 Å². The number of hydrogen-bond donors (Lipinski definition) is 3. The summed E-state index contributed by atoms with van der Waals surface area (Å²) < 4.78 is 0. The quantitative estimate of drug-likeness (QED) is 0.151. The summed E-state index contributed by atoms with van der Waals surface area (Å²) in [6.45, 7) is 4.26. The maximum Gasteiger partial charge on any atom is 0.336 e. The fourth-order valence-electron chi connectivity index (χ4n) is 3.45. The standard InChI is InChI=1S/C25H26ClN3O2S/c1-16(2)17-6-12-21-18(15-23(24(30)31)22(21)13-7-17)5-3-4-14-27-29-25(32)28-20-10-8-19(26)9-11-20/h6-16H,3-5H2,1-2H3,(H,30,31)(H2,28,29,32)/b27-14+. The van der Waals surface area contributed by atoms with Gasteiger partial charge in [-0.15, -0.1) is 0 Å². The summed E-state index contributed by atoms with van der Waals surface area (Å²) >= 11 is 11.1. The minimum atomic E-state index is -0.897. The van der Waals surface area contributed by atoms with Gasteiger partial charge in [-0.05, 0) is 90.0 Å². The lowest BCUT2D eigenvalue weighted by atomic mass is 10.0. The third-order valence-corrected chi connectivity index (χ3v) is 5.61. The lowest BCUT2D eigenvalue weighted by molar-refractivity contribution is 0.0698. The Morgan fingerprint density at radius 2 is 1.81 bits per heavy atom. The Balaban J connectivity index is 1.56. The Kier molecular flexibility index (Phi) is 8.20. The number of unbranched alkanes of at least 4 members (excludes halogenated alkanes) is 1. The molecule has 2 aliphatic rings. The number of halogens is 1. The van der Waals surface area contributed by atoms with Crippen molar-refractivity contribution in [3.05, 3.63) is 76.3 Å². The van der Waals surface area contributed by atoms with Crippen LogP contribution in [0.4, 0.5) is 5.69 Å². The number of nitrogens with one attached hydrogen (secondary N) is 2. The van der Waals surface area contributed by atoms with E-state index < -0.39 is 5.97 Å². The van der Waals surface area contributed by atoms with Crippen LogP contribution >= 0.6 is 23.8 Å². The lowest BCUT2D eigenvalue weighted by Crippen LogP contribution is -2.23. The number of rotatable bonds is 8. The number of aryl methyl sites for hydroxylation is 1. The molecule has 2 aliphatic carbocycles. The van der Waals surface area contributed by atoms with Gasteiger partial charge in [-0.25, -0.2) is 4.79 Å². The molecule has 0 radical (unpaired) electrons. The Hall–Kier alpha value is -2.96. The van der Waals surface area contributed by atoms with Crippen molar-refractivity contribution in [1.29, 1.82) is 0 Å². The van der Waals surface area contributed by atoms with E-state index in [2.05, 4.69) is 35.8 Å². The molecule has 32 heavy (non-hydrogen) atoms. The smallest absolute Gasteiger partial charge is 0.336 e. The van der Waals surface area contributed by atoms with Crippen LogP contribution in [0.15, 0.2) is 59.7 Å². The summed E-state index contributed by atoms with van der Waals surface area (Å²) in [6, 6.07) is 17.1. The first kappa shape index (κ1) is 23.7. The molecule has 0 amide bonds. The largest absolute Gasteiger partial charge is 0.478 e. The van der Waals surface area contributed by atoms with Gasteiger partial charge in [0.25, 0.3) is 0 Å². The molecule has 166 valence electrons. The number of hydrazone groups is 1. The minimum Gasteiger partial charge on any atom is -0.478 e. The first-order valence-electron chi connectivity index (χ1n) is 10.5. The van der Waals surface area contributed by atoms with E-state index in [1.165, 1.54) is 5.56 Å². The highest BCUT2D eigenvalue weighted by Gasteiger charge is 2.19. The molecule has 0 unspecified atom stereocenters. The van der Waals surface area contributed by atoms with Crippen LogP contribution in [0.5, 0.6) is 0 Å². The SMILES string of the molecule is CC(C)c1ccc2c(CCC/C=N/NC(=S)Nc3ccc(Cl)cc3)cc(C(=O)O)c-2cc1. The van der Waals surface area contributed by atoms with Gasteiger partial charge in [0.1, 0.15) is 0 Å². The van der Waals surface area contributed by atoms with Crippen LogP contribution in [0.2, 0.25) is 5.02 Å². The van der Waals surface area contributed by atoms with E-state index in [1.54, 1.807) is 24.4 Å². The first-order valence-corrected chi connectivity index (χ1v) is 11.3. The van der Waals surface area contributed by atoms with Gasteiger partial charge in [0, 0.05) is 16.9 Å². The molecule has 3 N–H and O–H groups in total. The van der Waals surface area contributed by atoms with Crippen LogP contribution in [0, 0.1) is 0 Å². The summed E-state index contributed by atoms with van der Waals surface area (Å²) in [5, 5.41) is 17.9. The number of fused-ring (bicyclic) bond motifs is 1. The van der Waals surface area contributed by atoms with E-state index in [9.17, 15) is 9.90 Å². The number of anilines is 1. The Morgan fingerprint density at radius 1 is 1.12 bits per heavy atom. The highest BCUT2D eigenvalue weighted by Crippen LogP contribution is 2.34. The normalized spacial score (nSPS) is 11.2. The molecule has 0 aromatic heterocycles. The van der Waals surface area contributed by atoms with Gasteiger partial charge in [0.15, 0.2) is 5.11 Å². The summed E-state index contributed by atoms with van der Waals surface area (Å²) in [5.41, 5.74) is 7.99. The average molecular weight is 468 g/mol. The van der Waals surface area contributed by atoms with Crippen LogP contribution in [0.1, 0.15) is 54.1 Å². The molecule has 0 aliphatic heterocycles. The molecule has 0 atom stereocenters. The van der Waals surface area contributed by atoms with Crippen molar-refractivity contribution >= 4 is 46.8 Å². The Bertz CT molecular complexity index is 1100. The van der Waals surface area contributed by atoms with E-state index in [1.807, 2.05) is 30.3 Å². The fraction of sp³-hybridized carbons (Fsp3) is 0.240. The number of carboxylic acid groups (broad SMARTS) is 1. The molecule has 0 spiro atoms. The van der Waals surface area contributed by atoms with E-state index in [0.717, 1.165) is 41.6 Å². The van der Waals surface area contributed by atoms with Gasteiger partial charge in [-0.1, -0.05) is 49.7 Å². The molecule has 5 nitrogen and oxygen atoms in total. The van der Waals surface area contributed by atoms with E-state index in [0.29, 0.717) is 21.6 Å². The number of hydrogen-bond acceptors (Lipinski definition) is 3. The van der Waals surface area contributed by atoms with Crippen LogP contribution < -0.4 is 10.7 Å². The van der Waals surface area contributed by atoms with Crippen molar-refractivity contribution in [2.24, 2.45) is 5.10 Å². The lowest BCUT2D eigenvalue weighted by Gasteiger charge is -2.06. The predicted octanol–water partition coefficient (Wildman–Crippen LogP) is 6.56. The number of thiocarbonyl (C=S) groups is 1. The molecule has 1 aromatic rings. The molecule has 3 rings (SSSR count). The van der Waals surface area contributed by atoms with Crippen LogP contribution in [-0.2, 0) is 6.42 Å². The van der Waals surface area contributed by atoms with Crippen LogP contribution in [0.3, 0.4) is 0 Å². The molecule has 0 bridgehead atoms. The molecule has 0 saturated heterocycles. The van der Waals surface area contributed by atoms with Crippen molar-refractivity contribution in [1.82, 2.24) is 5.43 Å². The van der Waals surface area contributed by atoms with E-state index in [4.69, 9.17) is 23.8 Å². The highest BCUT2D eigenvalue weighted by atomic mass is 35.5. The second kappa shape index (κ2) is 11.1. The summed E-state index contributed by atoms with van der Waals surface area (Å²) in [4.78, 5) is 11.7. The summed E-state index contributed by atoms with van der Waals surface area (Å²) in [6.07, 6.45) is 4.12. The van der Waals surface area contributed by atoms with Crippen molar-refractivity contribution in [2.45, 2.75) is 39.0 Å². The number of carboxylic acids is 1. The maximum atomic E-state index is 11.7. The first-order chi connectivity index (χ1) is 15.3. The van der Waals surface area contributed by atoms with Crippen LogP contribution in [-0.4, -0.2) is 22.4 Å². The molecular formula is C25H26ClN3O2S. The number of nitrogens with zero attached hydrogens (tertiary/aromatic N) is 1. The predicted molar refractivity (Wildman–Crippen MR) is 136 cm³/mol. The number of carbonyl (C=O) groups is 1. The van der Waals surface area contributed by atoms with Crippen LogP contribution in [0.25, 0.3) is 11.1 Å². The van der Waals surface area contributed by atoms with Gasteiger partial charge < -0.3 is 10.4 Å². The highest BCUT2D eigenvalue weighted by molar-refractivity contribution is 7.80. The third-order valence-electron chi connectivity index (χ3n) is 5.17. The van der Waals surface area contributed by atoms with Crippen molar-refractivity contribution < 1.29 is 9.90 Å². The van der Waals surface area contributed by atoms with E-state index >= 15 is 0 Å². The topological polar surface area (TPSA) is 73.7 Å². The third kappa shape index (κ3) is 6.28. The zero-order valence-electron chi connectivity index (χ0n) is 18.1. The van der Waals surface area contributed by atoms with Gasteiger partial charge in [0.05, 0.1) is 5.56 Å². The molecule has 0 heterocycles. The monoisotopic (exact) mass is 467 g/mol. The maximum absolute atomic E-state index is 11.7. The Labute approximate surface area is 198 Å². The number of benzene rings is 1. The van der Waals surface area contributed by atoms with Gasteiger partial charge in [-0.2, -0.15) is 5.10 Å². The van der Waals surface area contributed by atoms with Gasteiger partial charge in [0.2, 0.25) is 0 Å². The van der Waals surface area contributed by atoms with Crippen molar-refractivity contribution in [3.63, 3.8) is 0 Å². The summed E-state index contributed by atoms with van der Waals surface area (Å²) in [5.74, 6) is -0.516. The molecule has 1 aromatic carbocycles. The zero-order valence-corrected chi connectivity index (χ0v) is 19.6. The molecule has 0 saturated carbocycles. The fourth-order valence-corrected chi connectivity index (χ4v) is 3.75. The second-order valence-corrected chi connectivity index (χ2v) is 8.66. The molecule has 7 heteroatoms. The van der Waals surface area contributed by atoms with Gasteiger partial charge in [-0.3, -0.25) is 5.43 Å². The van der Waals surface area contributed by atoms with Crippen molar-refractivity contribution in [2.75, 3.05) is 5.32 Å². The summed E-state index contributed by atoms with van der Waals surface area (Å²) in [7, 11) is 0. The van der Waals surface area contributed by atoms with Crippen molar-refractivity contribution in [3.8, 4) is 11.1 Å². The number of aromatic carboxylic acids is 1. The van der Waals surface area contributed by atoms with E-state index in [-0.39, 0.29) is 0 Å². The zero-order chi connectivity index (χ0) is 23.1. The molecule has 0 fully saturated rings. The Morgan fingerprint density at radius 3 is 2.47 bits per heavy atom. The average Bonchev–Trinajstić information content (AvgIpc) is 2.94.